The van der Waals surface area contributed by atoms with Crippen LogP contribution in [0.5, 0.6) is 0 Å². The average molecular weight is 319 g/mol. The zero-order chi connectivity index (χ0) is 16.4. The van der Waals surface area contributed by atoms with E-state index in [0.29, 0.717) is 25.3 Å². The second-order valence-corrected chi connectivity index (χ2v) is 5.52. The molecule has 23 heavy (non-hydrogen) atoms. The molecule has 0 aliphatic carbocycles. The molecule has 2 aromatic rings. The number of pyridine rings is 1. The first-order chi connectivity index (χ1) is 11.1. The van der Waals surface area contributed by atoms with Crippen LogP contribution in [0.3, 0.4) is 0 Å². The van der Waals surface area contributed by atoms with Gasteiger partial charge in [-0.2, -0.15) is 5.10 Å². The summed E-state index contributed by atoms with van der Waals surface area (Å²) in [7, 11) is 1.61. The number of hydrogen-bond acceptors (Lipinski definition) is 5. The SMILES string of the molecule is CO[C@H]1C[C@@H](Cn2ccc(N)n2)N(C(=O)c2ccncc2F)C1. The molecular formula is C15H18FN5O2. The predicted molar refractivity (Wildman–Crippen MR) is 81.1 cm³/mol. The Hall–Kier alpha value is -2.48. The average Bonchev–Trinajstić information content (AvgIpc) is 3.13. The van der Waals surface area contributed by atoms with Crippen molar-refractivity contribution in [2.24, 2.45) is 0 Å². The highest BCUT2D eigenvalue weighted by Crippen LogP contribution is 2.24. The lowest BCUT2D eigenvalue weighted by Crippen LogP contribution is -2.39. The molecule has 7 nitrogen and oxygen atoms in total. The smallest absolute Gasteiger partial charge is 0.257 e. The van der Waals surface area contributed by atoms with Crippen molar-refractivity contribution in [2.75, 3.05) is 19.4 Å². The Kier molecular flexibility index (Phi) is 4.24. The summed E-state index contributed by atoms with van der Waals surface area (Å²) in [5, 5.41) is 4.14. The normalized spacial score (nSPS) is 20.9. The number of hydrogen-bond donors (Lipinski definition) is 1. The van der Waals surface area contributed by atoms with Gasteiger partial charge in [0.2, 0.25) is 0 Å². The summed E-state index contributed by atoms with van der Waals surface area (Å²) >= 11 is 0. The van der Waals surface area contributed by atoms with Gasteiger partial charge in [0.15, 0.2) is 5.82 Å². The number of halogens is 1. The first-order valence-corrected chi connectivity index (χ1v) is 7.30. The first-order valence-electron chi connectivity index (χ1n) is 7.30. The van der Waals surface area contributed by atoms with Crippen LogP contribution in [0, 0.1) is 5.82 Å². The predicted octanol–water partition coefficient (Wildman–Crippen LogP) is 0.929. The number of amides is 1. The number of nitrogens with two attached hydrogens (primary N) is 1. The molecule has 0 saturated carbocycles. The van der Waals surface area contributed by atoms with Crippen LogP contribution in [0.2, 0.25) is 0 Å². The third kappa shape index (κ3) is 3.16. The Balaban J connectivity index is 1.82. The first kappa shape index (κ1) is 15.4. The lowest BCUT2D eigenvalue weighted by atomic mass is 10.1. The molecule has 1 aliphatic rings. The summed E-state index contributed by atoms with van der Waals surface area (Å²) in [6, 6.07) is 2.94. The largest absolute Gasteiger partial charge is 0.382 e. The molecule has 1 amide bonds. The fraction of sp³-hybridized carbons (Fsp3) is 0.400. The van der Waals surface area contributed by atoms with Crippen LogP contribution in [-0.4, -0.2) is 51.4 Å². The fourth-order valence-corrected chi connectivity index (χ4v) is 2.86. The highest BCUT2D eigenvalue weighted by molar-refractivity contribution is 5.94. The zero-order valence-electron chi connectivity index (χ0n) is 12.7. The van der Waals surface area contributed by atoms with Gasteiger partial charge >= 0.3 is 0 Å². The number of carbonyl (C=O) groups excluding carboxylic acids is 1. The highest BCUT2D eigenvalue weighted by Gasteiger charge is 2.36. The quantitative estimate of drug-likeness (QED) is 0.906. The monoisotopic (exact) mass is 319 g/mol. The van der Waals surface area contributed by atoms with Crippen molar-refractivity contribution < 1.29 is 13.9 Å². The molecule has 3 rings (SSSR count). The number of methoxy groups -OCH3 is 1. The molecule has 0 aromatic carbocycles. The van der Waals surface area contributed by atoms with Crippen molar-refractivity contribution in [1.29, 1.82) is 0 Å². The second kappa shape index (κ2) is 6.33. The topological polar surface area (TPSA) is 86.3 Å². The van der Waals surface area contributed by atoms with Crippen LogP contribution in [0.15, 0.2) is 30.7 Å². The third-order valence-electron chi connectivity index (χ3n) is 4.03. The lowest BCUT2D eigenvalue weighted by Gasteiger charge is -2.24. The second-order valence-electron chi connectivity index (χ2n) is 5.52. The molecule has 8 heteroatoms. The summed E-state index contributed by atoms with van der Waals surface area (Å²) in [6.45, 7) is 0.897. The van der Waals surface area contributed by atoms with E-state index in [-0.39, 0.29) is 23.6 Å². The van der Waals surface area contributed by atoms with Gasteiger partial charge < -0.3 is 15.4 Å². The number of nitrogen functional groups attached to an aromatic ring is 1. The maximum absolute atomic E-state index is 13.9. The Morgan fingerprint density at radius 1 is 1.52 bits per heavy atom. The van der Waals surface area contributed by atoms with E-state index in [0.717, 1.165) is 6.20 Å². The summed E-state index contributed by atoms with van der Waals surface area (Å²) < 4.78 is 20.9. The van der Waals surface area contributed by atoms with Crippen molar-refractivity contribution in [3.63, 3.8) is 0 Å². The van der Waals surface area contributed by atoms with Crippen molar-refractivity contribution in [3.8, 4) is 0 Å². The van der Waals surface area contributed by atoms with Crippen molar-refractivity contribution in [1.82, 2.24) is 19.7 Å². The van der Waals surface area contributed by atoms with E-state index in [4.69, 9.17) is 10.5 Å². The van der Waals surface area contributed by atoms with Crippen LogP contribution in [0.4, 0.5) is 10.2 Å². The minimum Gasteiger partial charge on any atom is -0.382 e. The molecular weight excluding hydrogens is 301 g/mol. The van der Waals surface area contributed by atoms with Crippen LogP contribution in [0.25, 0.3) is 0 Å². The van der Waals surface area contributed by atoms with E-state index in [2.05, 4.69) is 10.1 Å². The number of anilines is 1. The molecule has 0 radical (unpaired) electrons. The molecule has 1 saturated heterocycles. The maximum Gasteiger partial charge on any atom is 0.257 e. The molecule has 2 atom stereocenters. The summed E-state index contributed by atoms with van der Waals surface area (Å²) in [6.07, 6.45) is 4.78. The number of rotatable bonds is 4. The van der Waals surface area contributed by atoms with Crippen LogP contribution in [0.1, 0.15) is 16.8 Å². The van der Waals surface area contributed by atoms with Crippen LogP contribution >= 0.6 is 0 Å². The number of aromatic nitrogens is 3. The number of nitrogens with zero attached hydrogens (tertiary/aromatic N) is 4. The molecule has 0 spiro atoms. The summed E-state index contributed by atoms with van der Waals surface area (Å²) in [5.74, 6) is -0.570. The molecule has 122 valence electrons. The molecule has 1 aliphatic heterocycles. The number of ether oxygens (including phenoxy) is 1. The van der Waals surface area contributed by atoms with Crippen molar-refractivity contribution in [2.45, 2.75) is 25.1 Å². The van der Waals surface area contributed by atoms with E-state index in [9.17, 15) is 9.18 Å². The third-order valence-corrected chi connectivity index (χ3v) is 4.03. The van der Waals surface area contributed by atoms with E-state index in [1.165, 1.54) is 12.3 Å². The van der Waals surface area contributed by atoms with E-state index >= 15 is 0 Å². The Labute approximate surface area is 132 Å². The van der Waals surface area contributed by atoms with Gasteiger partial charge in [-0.15, -0.1) is 0 Å². The number of carbonyl (C=O) groups is 1. The van der Waals surface area contributed by atoms with Gasteiger partial charge in [-0.1, -0.05) is 0 Å². The van der Waals surface area contributed by atoms with Gasteiger partial charge in [-0.3, -0.25) is 14.5 Å². The molecule has 0 unspecified atom stereocenters. The van der Waals surface area contributed by atoms with Crippen LogP contribution < -0.4 is 5.73 Å². The van der Waals surface area contributed by atoms with Crippen LogP contribution in [-0.2, 0) is 11.3 Å². The fourth-order valence-electron chi connectivity index (χ4n) is 2.86. The van der Waals surface area contributed by atoms with Gasteiger partial charge in [0.1, 0.15) is 5.82 Å². The summed E-state index contributed by atoms with van der Waals surface area (Å²) in [5.41, 5.74) is 5.63. The lowest BCUT2D eigenvalue weighted by molar-refractivity contribution is 0.0674. The van der Waals surface area contributed by atoms with Gasteiger partial charge in [0.25, 0.3) is 5.91 Å². The van der Waals surface area contributed by atoms with Crippen molar-refractivity contribution >= 4 is 11.7 Å². The van der Waals surface area contributed by atoms with Gasteiger partial charge in [-0.25, -0.2) is 4.39 Å². The molecule has 2 N–H and O–H groups in total. The van der Waals surface area contributed by atoms with E-state index in [1.54, 1.807) is 29.0 Å². The zero-order valence-corrected chi connectivity index (χ0v) is 12.7. The van der Waals surface area contributed by atoms with Gasteiger partial charge in [0.05, 0.1) is 30.5 Å². The molecule has 1 fully saturated rings. The van der Waals surface area contributed by atoms with Gasteiger partial charge in [0, 0.05) is 26.0 Å². The van der Waals surface area contributed by atoms with E-state index in [1.807, 2.05) is 0 Å². The Morgan fingerprint density at radius 2 is 2.35 bits per heavy atom. The Bertz CT molecular complexity index is 705. The van der Waals surface area contributed by atoms with Crippen molar-refractivity contribution in [3.05, 3.63) is 42.1 Å². The van der Waals surface area contributed by atoms with Gasteiger partial charge in [-0.05, 0) is 18.6 Å². The standard InChI is InChI=1S/C15H18FN5O2/c1-23-11-6-10(8-20-5-3-14(17)19-20)21(9-11)15(22)12-2-4-18-7-13(12)16/h2-5,7,10-11H,6,8-9H2,1H3,(H2,17,19)/t10-,11-/m0/s1. The minimum atomic E-state index is -0.625. The summed E-state index contributed by atoms with van der Waals surface area (Å²) in [4.78, 5) is 18.0. The maximum atomic E-state index is 13.9. The highest BCUT2D eigenvalue weighted by atomic mass is 19.1. The van der Waals surface area contributed by atoms with E-state index < -0.39 is 5.82 Å². The minimum absolute atomic E-state index is 0.0155. The molecule has 0 bridgehead atoms. The molecule has 2 aromatic heterocycles. The Morgan fingerprint density at radius 3 is 3.00 bits per heavy atom. The molecule has 3 heterocycles. The number of likely N-dealkylation sites (tertiary alicyclic amines) is 1.